The fourth-order valence-electron chi connectivity index (χ4n) is 1.10. The summed E-state index contributed by atoms with van der Waals surface area (Å²) in [6, 6.07) is 6.24. The van der Waals surface area contributed by atoms with Gasteiger partial charge < -0.3 is 10.4 Å². The number of carboxylic acids is 1. The predicted octanol–water partition coefficient (Wildman–Crippen LogP) is 0.810. The number of carboxylic acid groups (broad SMARTS) is 1. The lowest BCUT2D eigenvalue weighted by molar-refractivity contribution is -0.137. The third kappa shape index (κ3) is 4.71. The summed E-state index contributed by atoms with van der Waals surface area (Å²) >= 11 is 5.70. The van der Waals surface area contributed by atoms with Gasteiger partial charge in [0.1, 0.15) is 6.54 Å². The Bertz CT molecular complexity index is 408. The summed E-state index contributed by atoms with van der Waals surface area (Å²) in [5, 5.41) is 12.1. The van der Waals surface area contributed by atoms with E-state index in [1.807, 2.05) is 0 Å². The summed E-state index contributed by atoms with van der Waals surface area (Å²) in [7, 11) is 0. The van der Waals surface area contributed by atoms with Crippen molar-refractivity contribution in [3.63, 3.8) is 0 Å². The van der Waals surface area contributed by atoms with E-state index in [2.05, 4.69) is 5.32 Å². The number of urea groups is 1. The molecule has 0 spiro atoms. The maximum atomic E-state index is 11.3. The summed E-state index contributed by atoms with van der Waals surface area (Å²) in [4.78, 5) is 21.6. The van der Waals surface area contributed by atoms with Crippen LogP contribution in [0.2, 0.25) is 5.02 Å². The van der Waals surface area contributed by atoms with Gasteiger partial charge in [-0.25, -0.2) is 10.6 Å². The Morgan fingerprint density at radius 3 is 2.47 bits per heavy atom. The summed E-state index contributed by atoms with van der Waals surface area (Å²) in [6.07, 6.45) is 0. The number of hydrazine groups is 1. The second-order valence-electron chi connectivity index (χ2n) is 3.31. The van der Waals surface area contributed by atoms with Crippen LogP contribution in [0.5, 0.6) is 0 Å². The van der Waals surface area contributed by atoms with Gasteiger partial charge in [0.25, 0.3) is 0 Å². The molecule has 1 aromatic rings. The van der Waals surface area contributed by atoms with E-state index < -0.39 is 18.5 Å². The lowest BCUT2D eigenvalue weighted by atomic mass is 10.2. The van der Waals surface area contributed by atoms with Crippen LogP contribution in [0.3, 0.4) is 0 Å². The second-order valence-corrected chi connectivity index (χ2v) is 3.74. The van der Waals surface area contributed by atoms with E-state index in [9.17, 15) is 9.59 Å². The minimum atomic E-state index is -1.17. The maximum absolute atomic E-state index is 11.3. The molecule has 17 heavy (non-hydrogen) atoms. The van der Waals surface area contributed by atoms with E-state index in [1.54, 1.807) is 24.3 Å². The van der Waals surface area contributed by atoms with Crippen LogP contribution >= 0.6 is 11.6 Å². The van der Waals surface area contributed by atoms with Crippen molar-refractivity contribution in [1.82, 2.24) is 10.3 Å². The molecule has 0 aliphatic carbocycles. The molecule has 0 heterocycles. The van der Waals surface area contributed by atoms with Crippen LogP contribution in [0.25, 0.3) is 0 Å². The van der Waals surface area contributed by atoms with Gasteiger partial charge in [-0.15, -0.1) is 0 Å². The first-order chi connectivity index (χ1) is 7.99. The number of carbonyl (C=O) groups is 2. The number of aliphatic carboxylic acids is 1. The molecular weight excluding hydrogens is 246 g/mol. The van der Waals surface area contributed by atoms with Crippen LogP contribution in [0, 0.1) is 0 Å². The molecule has 0 bridgehead atoms. The number of hydrogen-bond donors (Lipinski definition) is 3. The number of amides is 2. The molecule has 1 rings (SSSR count). The lowest BCUT2D eigenvalue weighted by Gasteiger charge is -2.14. The molecule has 92 valence electrons. The Balaban J connectivity index is 2.42. The highest BCUT2D eigenvalue weighted by Gasteiger charge is 2.11. The Morgan fingerprint density at radius 1 is 1.35 bits per heavy atom. The van der Waals surface area contributed by atoms with Gasteiger partial charge in [-0.3, -0.25) is 9.80 Å². The van der Waals surface area contributed by atoms with Gasteiger partial charge in [0, 0.05) is 11.6 Å². The Kier molecular flexibility index (Phi) is 4.74. The highest BCUT2D eigenvalue weighted by molar-refractivity contribution is 6.30. The van der Waals surface area contributed by atoms with Crippen LogP contribution in [0.4, 0.5) is 4.79 Å². The number of nitrogens with zero attached hydrogens (tertiary/aromatic N) is 1. The fourth-order valence-corrected chi connectivity index (χ4v) is 1.22. The van der Waals surface area contributed by atoms with E-state index in [0.717, 1.165) is 5.56 Å². The van der Waals surface area contributed by atoms with E-state index >= 15 is 0 Å². The van der Waals surface area contributed by atoms with Gasteiger partial charge in [0.05, 0.1) is 0 Å². The van der Waals surface area contributed by atoms with E-state index in [1.165, 1.54) is 0 Å². The monoisotopic (exact) mass is 257 g/mol. The van der Waals surface area contributed by atoms with Crippen molar-refractivity contribution in [2.24, 2.45) is 5.84 Å². The normalized spacial score (nSPS) is 9.76. The molecule has 0 atom stereocenters. The average molecular weight is 258 g/mol. The highest BCUT2D eigenvalue weighted by atomic mass is 35.5. The Hall–Kier alpha value is -1.79. The molecule has 7 heteroatoms. The van der Waals surface area contributed by atoms with Crippen LogP contribution in [-0.4, -0.2) is 28.7 Å². The van der Waals surface area contributed by atoms with Crippen molar-refractivity contribution >= 4 is 23.6 Å². The zero-order valence-electron chi connectivity index (χ0n) is 8.89. The first-order valence-corrected chi connectivity index (χ1v) is 5.13. The van der Waals surface area contributed by atoms with Crippen molar-refractivity contribution in [1.29, 1.82) is 0 Å². The molecule has 0 unspecified atom stereocenters. The number of halogens is 1. The van der Waals surface area contributed by atoms with E-state index in [0.29, 0.717) is 10.0 Å². The van der Waals surface area contributed by atoms with E-state index in [-0.39, 0.29) is 6.54 Å². The van der Waals surface area contributed by atoms with Gasteiger partial charge in [0.2, 0.25) is 0 Å². The number of benzene rings is 1. The number of carbonyl (C=O) groups excluding carboxylic acids is 1. The quantitative estimate of drug-likeness (QED) is 0.423. The smallest absolute Gasteiger partial charge is 0.332 e. The topological polar surface area (TPSA) is 95.7 Å². The van der Waals surface area contributed by atoms with Gasteiger partial charge in [-0.1, -0.05) is 23.7 Å². The highest BCUT2D eigenvalue weighted by Crippen LogP contribution is 2.09. The molecule has 0 radical (unpaired) electrons. The first-order valence-electron chi connectivity index (χ1n) is 4.75. The first kappa shape index (κ1) is 13.3. The van der Waals surface area contributed by atoms with Crippen molar-refractivity contribution < 1.29 is 14.7 Å². The Labute approximate surface area is 103 Å². The van der Waals surface area contributed by atoms with Gasteiger partial charge >= 0.3 is 12.0 Å². The third-order valence-electron chi connectivity index (χ3n) is 1.92. The SMILES string of the molecule is NN(CC(=O)O)C(=O)NCc1ccc(Cl)cc1. The summed E-state index contributed by atoms with van der Waals surface area (Å²) in [6.45, 7) is -0.296. The molecule has 1 aromatic carbocycles. The molecule has 4 N–H and O–H groups in total. The summed E-state index contributed by atoms with van der Waals surface area (Å²) < 4.78 is 0. The maximum Gasteiger partial charge on any atom is 0.332 e. The average Bonchev–Trinajstić information content (AvgIpc) is 2.27. The van der Waals surface area contributed by atoms with Crippen molar-refractivity contribution in [2.45, 2.75) is 6.54 Å². The van der Waals surface area contributed by atoms with E-state index in [4.69, 9.17) is 22.6 Å². The zero-order chi connectivity index (χ0) is 12.8. The molecule has 0 fully saturated rings. The number of nitrogens with two attached hydrogens (primary N) is 1. The fraction of sp³-hybridized carbons (Fsp3) is 0.200. The number of nitrogens with one attached hydrogen (secondary N) is 1. The number of hydrogen-bond acceptors (Lipinski definition) is 3. The molecule has 0 aliphatic heterocycles. The molecule has 6 nitrogen and oxygen atoms in total. The molecule has 0 aliphatic rings. The zero-order valence-corrected chi connectivity index (χ0v) is 9.65. The summed E-state index contributed by atoms with van der Waals surface area (Å²) in [5.74, 6) is 4.05. The molecule has 0 saturated heterocycles. The number of rotatable bonds is 4. The molecule has 2 amide bonds. The largest absolute Gasteiger partial charge is 0.480 e. The van der Waals surface area contributed by atoms with Gasteiger partial charge in [-0.2, -0.15) is 0 Å². The minimum Gasteiger partial charge on any atom is -0.480 e. The van der Waals surface area contributed by atoms with Crippen LogP contribution in [0.1, 0.15) is 5.56 Å². The van der Waals surface area contributed by atoms with Crippen LogP contribution < -0.4 is 11.2 Å². The second kappa shape index (κ2) is 6.07. The third-order valence-corrected chi connectivity index (χ3v) is 2.18. The van der Waals surface area contributed by atoms with Crippen molar-refractivity contribution in [2.75, 3.05) is 6.54 Å². The summed E-state index contributed by atoms with van der Waals surface area (Å²) in [5.41, 5.74) is 0.839. The molecule has 0 saturated carbocycles. The lowest BCUT2D eigenvalue weighted by Crippen LogP contribution is -2.46. The Morgan fingerprint density at radius 2 is 1.94 bits per heavy atom. The van der Waals surface area contributed by atoms with Gasteiger partial charge in [-0.05, 0) is 17.7 Å². The standard InChI is InChI=1S/C10H12ClN3O3/c11-8-3-1-7(2-4-8)5-13-10(17)14(12)6-9(15)16/h1-4H,5-6,12H2,(H,13,17)(H,15,16). The van der Waals surface area contributed by atoms with Crippen LogP contribution in [0.15, 0.2) is 24.3 Å². The minimum absolute atomic E-state index is 0.253. The van der Waals surface area contributed by atoms with Crippen molar-refractivity contribution in [3.8, 4) is 0 Å². The van der Waals surface area contributed by atoms with Gasteiger partial charge in [0.15, 0.2) is 0 Å². The predicted molar refractivity (Wildman–Crippen MR) is 62.2 cm³/mol. The molecule has 0 aromatic heterocycles. The van der Waals surface area contributed by atoms with Crippen molar-refractivity contribution in [3.05, 3.63) is 34.9 Å². The molecular formula is C10H12ClN3O3. The van der Waals surface area contributed by atoms with Crippen LogP contribution in [-0.2, 0) is 11.3 Å².